The summed E-state index contributed by atoms with van der Waals surface area (Å²) >= 11 is 0. The van der Waals surface area contributed by atoms with Gasteiger partial charge in [0.15, 0.2) is 6.29 Å². The van der Waals surface area contributed by atoms with E-state index in [1.165, 1.54) is 32.0 Å². The summed E-state index contributed by atoms with van der Waals surface area (Å²) in [6.07, 6.45) is 10.8. The lowest BCUT2D eigenvalue weighted by molar-refractivity contribution is -0.134. The van der Waals surface area contributed by atoms with Gasteiger partial charge >= 0.3 is 0 Å². The lowest BCUT2D eigenvalue weighted by Gasteiger charge is -2.18. The predicted molar refractivity (Wildman–Crippen MR) is 100 cm³/mol. The number of nitrogens with zero attached hydrogens (tertiary/aromatic N) is 4. The van der Waals surface area contributed by atoms with Crippen molar-refractivity contribution in [2.24, 2.45) is 5.92 Å². The summed E-state index contributed by atoms with van der Waals surface area (Å²) in [5, 5.41) is 4.53. The molecule has 1 aliphatic rings. The van der Waals surface area contributed by atoms with Crippen LogP contribution in [0.25, 0.3) is 11.3 Å². The lowest BCUT2D eigenvalue weighted by atomic mass is 10.1. The Kier molecular flexibility index (Phi) is 6.57. The highest BCUT2D eigenvalue weighted by Gasteiger charge is 2.20. The second-order valence-electron chi connectivity index (χ2n) is 6.73. The van der Waals surface area contributed by atoms with E-state index in [1.54, 1.807) is 0 Å². The van der Waals surface area contributed by atoms with Crippen molar-refractivity contribution in [3.05, 3.63) is 24.3 Å². The topological polar surface area (TPSA) is 88.1 Å². The van der Waals surface area contributed by atoms with E-state index in [0.717, 1.165) is 29.3 Å². The SMILES string of the molecule is CCOC(Cc1c(N)ncnc1-c1cnn(CC2CCCC2)c1)OCC. The van der Waals surface area contributed by atoms with E-state index in [0.29, 0.717) is 25.5 Å². The molecular formula is C19H29N5O2. The van der Waals surface area contributed by atoms with Gasteiger partial charge in [-0.25, -0.2) is 9.97 Å². The first-order valence-electron chi connectivity index (χ1n) is 9.56. The molecule has 1 aliphatic carbocycles. The fraction of sp³-hybridized carbons (Fsp3) is 0.632. The predicted octanol–water partition coefficient (Wildman–Crippen LogP) is 3.05. The molecule has 1 saturated carbocycles. The maximum absolute atomic E-state index is 6.15. The molecule has 0 radical (unpaired) electrons. The van der Waals surface area contributed by atoms with Gasteiger partial charge in [-0.15, -0.1) is 0 Å². The van der Waals surface area contributed by atoms with Crippen molar-refractivity contribution in [3.63, 3.8) is 0 Å². The highest BCUT2D eigenvalue weighted by atomic mass is 16.7. The molecule has 0 spiro atoms. The van der Waals surface area contributed by atoms with Gasteiger partial charge in [0.2, 0.25) is 0 Å². The van der Waals surface area contributed by atoms with Crippen LogP contribution in [0.5, 0.6) is 0 Å². The van der Waals surface area contributed by atoms with E-state index in [-0.39, 0.29) is 6.29 Å². The first-order chi connectivity index (χ1) is 12.7. The monoisotopic (exact) mass is 359 g/mol. The van der Waals surface area contributed by atoms with Crippen molar-refractivity contribution in [1.29, 1.82) is 0 Å². The zero-order valence-electron chi connectivity index (χ0n) is 15.7. The van der Waals surface area contributed by atoms with Crippen molar-refractivity contribution in [2.45, 2.75) is 58.8 Å². The standard InChI is InChI=1S/C19H29N5O2/c1-3-25-17(26-4-2)9-16-18(21-13-22-19(16)20)15-10-23-24(12-15)11-14-7-5-6-8-14/h10,12-14,17H,3-9,11H2,1-2H3,(H2,20,21,22). The summed E-state index contributed by atoms with van der Waals surface area (Å²) in [5.41, 5.74) is 8.76. The maximum Gasteiger partial charge on any atom is 0.161 e. The van der Waals surface area contributed by atoms with Gasteiger partial charge in [-0.2, -0.15) is 5.10 Å². The minimum absolute atomic E-state index is 0.356. The van der Waals surface area contributed by atoms with Gasteiger partial charge < -0.3 is 15.2 Å². The second kappa shape index (κ2) is 9.09. The number of ether oxygens (including phenoxy) is 2. The summed E-state index contributed by atoms with van der Waals surface area (Å²) in [5.74, 6) is 1.20. The minimum atomic E-state index is -0.356. The van der Waals surface area contributed by atoms with E-state index >= 15 is 0 Å². The molecule has 1 fully saturated rings. The molecule has 0 unspecified atom stereocenters. The van der Waals surface area contributed by atoms with Gasteiger partial charge in [0, 0.05) is 43.5 Å². The van der Waals surface area contributed by atoms with E-state index < -0.39 is 0 Å². The molecule has 0 aromatic carbocycles. The van der Waals surface area contributed by atoms with E-state index in [2.05, 4.69) is 21.3 Å². The highest BCUT2D eigenvalue weighted by molar-refractivity contribution is 5.66. The largest absolute Gasteiger partial charge is 0.383 e. The molecule has 0 atom stereocenters. The molecule has 3 rings (SSSR count). The van der Waals surface area contributed by atoms with Crippen LogP contribution in [0.3, 0.4) is 0 Å². The minimum Gasteiger partial charge on any atom is -0.383 e. The number of hydrogen-bond acceptors (Lipinski definition) is 6. The molecule has 2 aromatic heterocycles. The fourth-order valence-corrected chi connectivity index (χ4v) is 3.62. The maximum atomic E-state index is 6.15. The van der Waals surface area contributed by atoms with Gasteiger partial charge in [0.05, 0.1) is 11.9 Å². The third-order valence-electron chi connectivity index (χ3n) is 4.88. The van der Waals surface area contributed by atoms with Crippen LogP contribution in [0.1, 0.15) is 45.1 Å². The Labute approximate surface area is 154 Å². The normalized spacial score (nSPS) is 15.2. The van der Waals surface area contributed by atoms with Crippen LogP contribution < -0.4 is 5.73 Å². The summed E-state index contributed by atoms with van der Waals surface area (Å²) in [4.78, 5) is 8.63. The summed E-state index contributed by atoms with van der Waals surface area (Å²) in [6.45, 7) is 6.02. The molecule has 142 valence electrons. The Morgan fingerprint density at radius 2 is 1.92 bits per heavy atom. The number of nitrogens with two attached hydrogens (primary N) is 1. The summed E-state index contributed by atoms with van der Waals surface area (Å²) in [7, 11) is 0. The number of anilines is 1. The Morgan fingerprint density at radius 1 is 1.19 bits per heavy atom. The third-order valence-corrected chi connectivity index (χ3v) is 4.88. The van der Waals surface area contributed by atoms with E-state index in [4.69, 9.17) is 15.2 Å². The van der Waals surface area contributed by atoms with Crippen molar-refractivity contribution >= 4 is 5.82 Å². The molecule has 26 heavy (non-hydrogen) atoms. The highest BCUT2D eigenvalue weighted by Crippen LogP contribution is 2.28. The van der Waals surface area contributed by atoms with Crippen LogP contribution in [0.2, 0.25) is 0 Å². The van der Waals surface area contributed by atoms with Gasteiger partial charge in [0.25, 0.3) is 0 Å². The van der Waals surface area contributed by atoms with E-state index in [9.17, 15) is 0 Å². The van der Waals surface area contributed by atoms with Crippen LogP contribution in [0, 0.1) is 5.92 Å². The van der Waals surface area contributed by atoms with Crippen molar-refractivity contribution in [1.82, 2.24) is 19.7 Å². The summed E-state index contributed by atoms with van der Waals surface area (Å²) < 4.78 is 13.4. The number of nitrogen functional groups attached to an aromatic ring is 1. The van der Waals surface area contributed by atoms with Crippen LogP contribution in [0.15, 0.2) is 18.7 Å². The Bertz CT molecular complexity index is 691. The fourth-order valence-electron chi connectivity index (χ4n) is 3.62. The molecular weight excluding hydrogens is 330 g/mol. The average molecular weight is 359 g/mol. The van der Waals surface area contributed by atoms with Crippen LogP contribution in [0.4, 0.5) is 5.82 Å². The molecule has 7 heteroatoms. The van der Waals surface area contributed by atoms with Crippen LogP contribution in [-0.2, 0) is 22.4 Å². The van der Waals surface area contributed by atoms with Crippen molar-refractivity contribution in [2.75, 3.05) is 18.9 Å². The van der Waals surface area contributed by atoms with Gasteiger partial charge in [-0.05, 0) is 32.6 Å². The molecule has 0 saturated heterocycles. The Hall–Kier alpha value is -1.99. The average Bonchev–Trinajstić information content (AvgIpc) is 3.30. The van der Waals surface area contributed by atoms with Gasteiger partial charge in [-0.1, -0.05) is 12.8 Å². The zero-order valence-corrected chi connectivity index (χ0v) is 15.7. The van der Waals surface area contributed by atoms with Crippen LogP contribution >= 0.6 is 0 Å². The van der Waals surface area contributed by atoms with Crippen molar-refractivity contribution in [3.8, 4) is 11.3 Å². The van der Waals surface area contributed by atoms with Gasteiger partial charge in [0.1, 0.15) is 12.1 Å². The second-order valence-corrected chi connectivity index (χ2v) is 6.73. The number of hydrogen-bond donors (Lipinski definition) is 1. The quantitative estimate of drug-likeness (QED) is 0.692. The molecule has 7 nitrogen and oxygen atoms in total. The number of rotatable bonds is 9. The van der Waals surface area contributed by atoms with Crippen LogP contribution in [-0.4, -0.2) is 39.3 Å². The molecule has 2 N–H and O–H groups in total. The molecule has 2 aromatic rings. The molecule has 2 heterocycles. The third kappa shape index (κ3) is 4.59. The first kappa shape index (κ1) is 18.8. The molecule has 0 amide bonds. The molecule has 0 bridgehead atoms. The van der Waals surface area contributed by atoms with Crippen molar-refractivity contribution < 1.29 is 9.47 Å². The zero-order chi connectivity index (χ0) is 18.4. The number of aromatic nitrogens is 4. The van der Waals surface area contributed by atoms with Gasteiger partial charge in [-0.3, -0.25) is 4.68 Å². The lowest BCUT2D eigenvalue weighted by Crippen LogP contribution is -2.21. The summed E-state index contributed by atoms with van der Waals surface area (Å²) in [6, 6.07) is 0. The first-order valence-corrected chi connectivity index (χ1v) is 9.56. The molecule has 0 aliphatic heterocycles. The smallest absolute Gasteiger partial charge is 0.161 e. The van der Waals surface area contributed by atoms with E-state index in [1.807, 2.05) is 24.7 Å². The Balaban J connectivity index is 1.81. The Morgan fingerprint density at radius 3 is 2.62 bits per heavy atom.